The molecule has 1 atom stereocenters. The molecule has 1 aromatic heterocycles. The number of aliphatic hydroxyl groups is 1. The van der Waals surface area contributed by atoms with Crippen LogP contribution in [0.25, 0.3) is 0 Å². The Kier molecular flexibility index (Phi) is 2.83. The van der Waals surface area contributed by atoms with Gasteiger partial charge in [0.15, 0.2) is 0 Å². The largest absolute Gasteiger partial charge is 0.385 e. The summed E-state index contributed by atoms with van der Waals surface area (Å²) in [6, 6.07) is 1.83. The molecule has 0 saturated heterocycles. The van der Waals surface area contributed by atoms with Crippen molar-refractivity contribution in [3.8, 4) is 0 Å². The van der Waals surface area contributed by atoms with Crippen molar-refractivity contribution < 1.29 is 5.11 Å². The summed E-state index contributed by atoms with van der Waals surface area (Å²) < 4.78 is 1.69. The maximum Gasteiger partial charge on any atom is 0.108 e. The van der Waals surface area contributed by atoms with Crippen LogP contribution in [0, 0.1) is 0 Å². The molecule has 0 fully saturated rings. The van der Waals surface area contributed by atoms with Crippen LogP contribution in [-0.4, -0.2) is 40.4 Å². The van der Waals surface area contributed by atoms with E-state index in [0.717, 1.165) is 5.69 Å². The average molecular weight is 169 g/mol. The lowest BCUT2D eigenvalue weighted by Gasteiger charge is -2.15. The number of likely N-dealkylation sites (N-methyl/N-ethyl adjacent to an activating group) is 1. The first-order valence-electron chi connectivity index (χ1n) is 3.92. The summed E-state index contributed by atoms with van der Waals surface area (Å²) >= 11 is 0. The predicted molar refractivity (Wildman–Crippen MR) is 46.7 cm³/mol. The van der Waals surface area contributed by atoms with Gasteiger partial charge in [-0.3, -0.25) is 4.68 Å². The Morgan fingerprint density at radius 1 is 1.67 bits per heavy atom. The van der Waals surface area contributed by atoms with Crippen LogP contribution in [0.3, 0.4) is 0 Å². The van der Waals surface area contributed by atoms with Crippen molar-refractivity contribution in [2.75, 3.05) is 20.6 Å². The molecule has 1 rings (SSSR count). The zero-order chi connectivity index (χ0) is 9.14. The molecular formula is C8H15N3O. The van der Waals surface area contributed by atoms with Gasteiger partial charge in [-0.15, -0.1) is 0 Å². The second kappa shape index (κ2) is 3.69. The van der Waals surface area contributed by atoms with Gasteiger partial charge in [0, 0.05) is 19.8 Å². The summed E-state index contributed by atoms with van der Waals surface area (Å²) in [5, 5.41) is 13.6. The minimum atomic E-state index is -0.451. The Morgan fingerprint density at radius 3 is 2.75 bits per heavy atom. The quantitative estimate of drug-likeness (QED) is 0.693. The molecule has 12 heavy (non-hydrogen) atoms. The lowest BCUT2D eigenvalue weighted by molar-refractivity contribution is 0.130. The fraction of sp³-hybridized carbons (Fsp3) is 0.625. The van der Waals surface area contributed by atoms with Gasteiger partial charge < -0.3 is 10.0 Å². The molecule has 1 unspecified atom stereocenters. The van der Waals surface area contributed by atoms with Gasteiger partial charge in [-0.25, -0.2) is 0 Å². The fourth-order valence-corrected chi connectivity index (χ4v) is 1.15. The van der Waals surface area contributed by atoms with E-state index in [4.69, 9.17) is 0 Å². The van der Waals surface area contributed by atoms with Crippen molar-refractivity contribution in [2.45, 2.75) is 6.10 Å². The second-order valence-corrected chi connectivity index (χ2v) is 3.16. The maximum absolute atomic E-state index is 9.66. The normalized spacial score (nSPS) is 13.8. The summed E-state index contributed by atoms with van der Waals surface area (Å²) in [6.45, 7) is 0.625. The van der Waals surface area contributed by atoms with Crippen LogP contribution < -0.4 is 0 Å². The van der Waals surface area contributed by atoms with Gasteiger partial charge in [-0.2, -0.15) is 5.10 Å². The minimum Gasteiger partial charge on any atom is -0.385 e. The van der Waals surface area contributed by atoms with E-state index in [9.17, 15) is 5.11 Å². The van der Waals surface area contributed by atoms with E-state index < -0.39 is 6.10 Å². The van der Waals surface area contributed by atoms with E-state index in [2.05, 4.69) is 5.10 Å². The molecule has 0 amide bonds. The van der Waals surface area contributed by atoms with Gasteiger partial charge >= 0.3 is 0 Å². The lowest BCUT2D eigenvalue weighted by Crippen LogP contribution is -2.21. The standard InChI is InChI=1S/C8H15N3O/c1-10(2)6-8(12)7-4-5-9-11(7)3/h4-5,8,12H,6H2,1-3H3. The van der Waals surface area contributed by atoms with Gasteiger partial charge in [0.25, 0.3) is 0 Å². The summed E-state index contributed by atoms with van der Waals surface area (Å²) in [5.74, 6) is 0. The minimum absolute atomic E-state index is 0.451. The molecule has 4 heteroatoms. The number of aliphatic hydroxyl groups excluding tert-OH is 1. The number of aryl methyl sites for hydroxylation is 1. The third-order valence-electron chi connectivity index (χ3n) is 1.74. The Morgan fingerprint density at radius 2 is 2.33 bits per heavy atom. The first-order chi connectivity index (χ1) is 5.61. The van der Waals surface area contributed by atoms with Crippen LogP contribution in [0.1, 0.15) is 11.8 Å². The lowest BCUT2D eigenvalue weighted by atomic mass is 10.2. The molecule has 0 aliphatic heterocycles. The third-order valence-corrected chi connectivity index (χ3v) is 1.74. The highest BCUT2D eigenvalue weighted by atomic mass is 16.3. The third kappa shape index (κ3) is 2.06. The molecule has 1 N–H and O–H groups in total. The van der Waals surface area contributed by atoms with Crippen molar-refractivity contribution in [3.05, 3.63) is 18.0 Å². The van der Waals surface area contributed by atoms with Crippen molar-refractivity contribution in [3.63, 3.8) is 0 Å². The molecule has 0 spiro atoms. The molecule has 0 radical (unpaired) electrons. The molecule has 1 heterocycles. The summed E-state index contributed by atoms with van der Waals surface area (Å²) in [5.41, 5.74) is 0.851. The van der Waals surface area contributed by atoms with Crippen LogP contribution >= 0.6 is 0 Å². The maximum atomic E-state index is 9.66. The van der Waals surface area contributed by atoms with Crippen LogP contribution in [0.4, 0.5) is 0 Å². The van der Waals surface area contributed by atoms with E-state index in [1.165, 1.54) is 0 Å². The van der Waals surface area contributed by atoms with E-state index in [1.807, 2.05) is 32.1 Å². The van der Waals surface area contributed by atoms with Gasteiger partial charge in [0.2, 0.25) is 0 Å². The SMILES string of the molecule is CN(C)CC(O)c1ccnn1C. The van der Waals surface area contributed by atoms with E-state index >= 15 is 0 Å². The monoisotopic (exact) mass is 169 g/mol. The second-order valence-electron chi connectivity index (χ2n) is 3.16. The van der Waals surface area contributed by atoms with Crippen LogP contribution in [0.5, 0.6) is 0 Å². The number of aromatic nitrogens is 2. The molecule has 1 aromatic rings. The summed E-state index contributed by atoms with van der Waals surface area (Å²) in [6.07, 6.45) is 1.24. The molecular weight excluding hydrogens is 154 g/mol. The van der Waals surface area contributed by atoms with Gasteiger partial charge in [0.05, 0.1) is 5.69 Å². The molecule has 0 aromatic carbocycles. The average Bonchev–Trinajstić information content (AvgIpc) is 2.33. The zero-order valence-corrected chi connectivity index (χ0v) is 7.73. The number of hydrogen-bond acceptors (Lipinski definition) is 3. The van der Waals surface area contributed by atoms with E-state index in [1.54, 1.807) is 10.9 Å². The number of rotatable bonds is 3. The van der Waals surface area contributed by atoms with Gasteiger partial charge in [-0.1, -0.05) is 0 Å². The molecule has 68 valence electrons. The molecule has 0 aliphatic carbocycles. The summed E-state index contributed by atoms with van der Waals surface area (Å²) in [7, 11) is 5.69. The molecule has 0 bridgehead atoms. The van der Waals surface area contributed by atoms with Crippen molar-refractivity contribution in [2.24, 2.45) is 7.05 Å². The predicted octanol–water partition coefficient (Wildman–Crippen LogP) is 0.0151. The highest BCUT2D eigenvalue weighted by Crippen LogP contribution is 2.10. The smallest absolute Gasteiger partial charge is 0.108 e. The highest BCUT2D eigenvalue weighted by Gasteiger charge is 2.11. The van der Waals surface area contributed by atoms with E-state index in [-0.39, 0.29) is 0 Å². The van der Waals surface area contributed by atoms with Gasteiger partial charge in [-0.05, 0) is 20.2 Å². The number of hydrogen-bond donors (Lipinski definition) is 1. The van der Waals surface area contributed by atoms with Gasteiger partial charge in [0.1, 0.15) is 6.10 Å². The topological polar surface area (TPSA) is 41.3 Å². The Bertz CT molecular complexity index is 244. The van der Waals surface area contributed by atoms with Crippen LogP contribution in [0.15, 0.2) is 12.3 Å². The van der Waals surface area contributed by atoms with Crippen molar-refractivity contribution in [1.82, 2.24) is 14.7 Å². The zero-order valence-electron chi connectivity index (χ0n) is 7.73. The Hall–Kier alpha value is -0.870. The van der Waals surface area contributed by atoms with Crippen LogP contribution in [0.2, 0.25) is 0 Å². The van der Waals surface area contributed by atoms with Crippen molar-refractivity contribution >= 4 is 0 Å². The highest BCUT2D eigenvalue weighted by molar-refractivity contribution is 5.04. The number of nitrogens with zero attached hydrogens (tertiary/aromatic N) is 3. The van der Waals surface area contributed by atoms with Crippen molar-refractivity contribution in [1.29, 1.82) is 0 Å². The summed E-state index contributed by atoms with van der Waals surface area (Å²) in [4.78, 5) is 1.94. The Balaban J connectivity index is 2.65. The molecule has 0 aliphatic rings. The fourth-order valence-electron chi connectivity index (χ4n) is 1.15. The van der Waals surface area contributed by atoms with Crippen LogP contribution in [-0.2, 0) is 7.05 Å². The molecule has 0 saturated carbocycles. The molecule has 4 nitrogen and oxygen atoms in total. The Labute approximate surface area is 72.4 Å². The first kappa shape index (κ1) is 9.22. The van der Waals surface area contributed by atoms with E-state index in [0.29, 0.717) is 6.54 Å². The first-order valence-corrected chi connectivity index (χ1v) is 3.92.